The largest absolute Gasteiger partial charge is 0.484 e. The minimum Gasteiger partial charge on any atom is -0.484 e. The quantitative estimate of drug-likeness (QED) is 0.396. The summed E-state index contributed by atoms with van der Waals surface area (Å²) in [5.74, 6) is 4.04. The summed E-state index contributed by atoms with van der Waals surface area (Å²) in [7, 11) is -4.76. The van der Waals surface area contributed by atoms with Gasteiger partial charge in [0.1, 0.15) is 11.7 Å². The second-order valence-electron chi connectivity index (χ2n) is 11.4. The molecule has 1 aromatic rings. The van der Waals surface area contributed by atoms with E-state index in [1.165, 1.54) is 12.8 Å². The molecule has 1 fully saturated rings. The fourth-order valence-electron chi connectivity index (χ4n) is 5.38. The monoisotopic (exact) mass is 629 g/mol. The van der Waals surface area contributed by atoms with Crippen molar-refractivity contribution in [2.24, 2.45) is 32.1 Å². The molecule has 0 amide bonds. The fraction of sp³-hybridized carbons (Fsp3) is 0.786. The van der Waals surface area contributed by atoms with Crippen LogP contribution in [0.5, 0.6) is 0 Å². The molecule has 1 saturated heterocycles. The summed E-state index contributed by atoms with van der Waals surface area (Å²) in [6.45, 7) is 9.73. The highest BCUT2D eigenvalue weighted by Gasteiger charge is 2.28. The van der Waals surface area contributed by atoms with E-state index in [2.05, 4.69) is 49.8 Å². The predicted octanol–water partition coefficient (Wildman–Crippen LogP) is 4.00. The standard InChI is InChI=1S/C12H20N4O2S.C8H16N2O2S.C8H15NO/c1-3-4-10-5-12(15-19(2,17)18)16(7-10)8-11-6-13-9-14-11;1-3-4-7-5-8(9-6-7)10-13(2,11)12;1-3-4-7-5-8(10-2)9-6-7/h6,9-10H,3-5,7-8H2,1-2H3,(H,13,14);7H,3-6H2,1-2H3,(H,9,10);7H,3-6H2,1-2H3. The Hall–Kier alpha value is -2.48. The summed E-state index contributed by atoms with van der Waals surface area (Å²) in [6.07, 6.45) is 15.3. The molecule has 0 saturated carbocycles. The van der Waals surface area contributed by atoms with Gasteiger partial charge in [0.05, 0.1) is 38.2 Å². The van der Waals surface area contributed by atoms with Crippen molar-refractivity contribution in [1.29, 1.82) is 0 Å². The van der Waals surface area contributed by atoms with E-state index < -0.39 is 20.0 Å². The first-order valence-corrected chi connectivity index (χ1v) is 18.7. The van der Waals surface area contributed by atoms with Crippen molar-refractivity contribution in [2.75, 3.05) is 39.3 Å². The van der Waals surface area contributed by atoms with Gasteiger partial charge in [-0.2, -0.15) is 4.40 Å². The van der Waals surface area contributed by atoms with E-state index in [9.17, 15) is 16.8 Å². The summed E-state index contributed by atoms with van der Waals surface area (Å²) < 4.78 is 55.8. The van der Waals surface area contributed by atoms with Gasteiger partial charge in [-0.05, 0) is 37.0 Å². The van der Waals surface area contributed by atoms with Gasteiger partial charge < -0.3 is 14.6 Å². The fourth-order valence-corrected chi connectivity index (χ4v) is 6.53. The van der Waals surface area contributed by atoms with Gasteiger partial charge in [0.25, 0.3) is 10.0 Å². The van der Waals surface area contributed by atoms with E-state index in [4.69, 9.17) is 4.74 Å². The highest BCUT2D eigenvalue weighted by molar-refractivity contribution is 7.89. The van der Waals surface area contributed by atoms with Crippen LogP contribution >= 0.6 is 0 Å². The number of imidazole rings is 1. The minimum atomic E-state index is -3.34. The zero-order valence-corrected chi connectivity index (χ0v) is 27.8. The van der Waals surface area contributed by atoms with Crippen molar-refractivity contribution < 1.29 is 21.6 Å². The maximum absolute atomic E-state index is 11.4. The number of aromatic nitrogens is 2. The van der Waals surface area contributed by atoms with Crippen LogP contribution in [0, 0.1) is 17.8 Å². The number of aliphatic imine (C=N–C) groups is 2. The van der Waals surface area contributed by atoms with Crippen molar-refractivity contribution >= 4 is 37.6 Å². The van der Waals surface area contributed by atoms with E-state index in [-0.39, 0.29) is 0 Å². The third kappa shape index (κ3) is 14.1. The molecular weight excluding hydrogens is 578 g/mol. The van der Waals surface area contributed by atoms with E-state index in [0.29, 0.717) is 30.1 Å². The van der Waals surface area contributed by atoms with Crippen molar-refractivity contribution in [2.45, 2.75) is 85.1 Å². The molecule has 0 bridgehead atoms. The Balaban J connectivity index is 0.000000234. The van der Waals surface area contributed by atoms with Gasteiger partial charge in [-0.1, -0.05) is 40.0 Å². The zero-order chi connectivity index (χ0) is 31.2. The van der Waals surface area contributed by atoms with Crippen LogP contribution in [0.1, 0.15) is 84.3 Å². The second kappa shape index (κ2) is 17.6. The predicted molar refractivity (Wildman–Crippen MR) is 170 cm³/mol. The molecule has 3 aliphatic rings. The third-order valence-corrected chi connectivity index (χ3v) is 8.29. The SMILES string of the molecule is CCCC1CC(=NS(C)(=O)=O)N(Cc2cnc[nH]2)C1.CCCC1CN=C(NS(C)(=O)=O)C1.CCCC1CN=C(OC)C1. The number of hydrogen-bond acceptors (Lipinski definition) is 8. The number of amidine groups is 2. The maximum atomic E-state index is 11.4. The lowest BCUT2D eigenvalue weighted by atomic mass is 10.0. The molecule has 2 N–H and O–H groups in total. The van der Waals surface area contributed by atoms with Gasteiger partial charge in [0.2, 0.25) is 10.0 Å². The number of hydrogen-bond donors (Lipinski definition) is 2. The molecule has 3 unspecified atom stereocenters. The van der Waals surface area contributed by atoms with Gasteiger partial charge in [-0.3, -0.25) is 14.7 Å². The lowest BCUT2D eigenvalue weighted by Crippen LogP contribution is -2.28. The first kappa shape index (κ1) is 35.7. The number of methoxy groups -OCH3 is 1. The third-order valence-electron chi connectivity index (χ3n) is 7.14. The minimum absolute atomic E-state index is 0.494. The molecule has 1 aromatic heterocycles. The van der Waals surface area contributed by atoms with Crippen LogP contribution in [-0.2, 0) is 31.3 Å². The smallest absolute Gasteiger partial charge is 0.251 e. The first-order valence-electron chi connectivity index (χ1n) is 14.9. The maximum Gasteiger partial charge on any atom is 0.251 e. The van der Waals surface area contributed by atoms with Gasteiger partial charge >= 0.3 is 0 Å². The summed E-state index contributed by atoms with van der Waals surface area (Å²) in [5.41, 5.74) is 0.971. The molecule has 4 rings (SSSR count). The van der Waals surface area contributed by atoms with E-state index >= 15 is 0 Å². The molecule has 3 atom stereocenters. The molecule has 240 valence electrons. The molecular formula is C28H51N7O5S2. The van der Waals surface area contributed by atoms with Gasteiger partial charge in [0.15, 0.2) is 5.90 Å². The van der Waals surface area contributed by atoms with Crippen LogP contribution in [0.15, 0.2) is 26.9 Å². The lowest BCUT2D eigenvalue weighted by molar-refractivity contribution is 0.378. The first-order chi connectivity index (χ1) is 19.9. The number of sulfonamides is 2. The Morgan fingerprint density at radius 2 is 1.57 bits per heavy atom. The van der Waals surface area contributed by atoms with Crippen molar-refractivity contribution in [1.82, 2.24) is 19.6 Å². The molecule has 0 radical (unpaired) electrons. The average molecular weight is 630 g/mol. The average Bonchev–Trinajstić information content (AvgIpc) is 3.70. The number of nitrogens with zero attached hydrogens (tertiary/aromatic N) is 5. The van der Waals surface area contributed by atoms with E-state index in [1.54, 1.807) is 19.6 Å². The van der Waals surface area contributed by atoms with Crippen LogP contribution in [0.25, 0.3) is 0 Å². The molecule has 14 heteroatoms. The highest BCUT2D eigenvalue weighted by atomic mass is 32.2. The summed E-state index contributed by atoms with van der Waals surface area (Å²) in [4.78, 5) is 17.4. The molecule has 42 heavy (non-hydrogen) atoms. The number of H-pyrrole nitrogens is 1. The summed E-state index contributed by atoms with van der Waals surface area (Å²) >= 11 is 0. The van der Waals surface area contributed by atoms with Gasteiger partial charge in [-0.25, -0.2) is 21.8 Å². The molecule has 0 aliphatic carbocycles. The van der Waals surface area contributed by atoms with Crippen molar-refractivity contribution in [3.63, 3.8) is 0 Å². The summed E-state index contributed by atoms with van der Waals surface area (Å²) in [6, 6.07) is 0. The molecule has 12 nitrogen and oxygen atoms in total. The normalized spacial score (nSPS) is 23.0. The van der Waals surface area contributed by atoms with Crippen molar-refractivity contribution in [3.05, 3.63) is 18.2 Å². The second-order valence-corrected chi connectivity index (χ2v) is 14.8. The van der Waals surface area contributed by atoms with Crippen LogP contribution < -0.4 is 4.72 Å². The number of rotatable bonds is 10. The molecule has 0 aromatic carbocycles. The topological polar surface area (TPSA) is 159 Å². The van der Waals surface area contributed by atoms with Crippen LogP contribution in [-0.4, -0.2) is 88.5 Å². The Morgan fingerprint density at radius 3 is 2.10 bits per heavy atom. The summed E-state index contributed by atoms with van der Waals surface area (Å²) in [5, 5.41) is 0. The van der Waals surface area contributed by atoms with Gasteiger partial charge in [-0.15, -0.1) is 0 Å². The highest BCUT2D eigenvalue weighted by Crippen LogP contribution is 2.25. The van der Waals surface area contributed by atoms with E-state index in [0.717, 1.165) is 94.6 Å². The number of ether oxygens (including phenoxy) is 1. The zero-order valence-electron chi connectivity index (χ0n) is 26.2. The Bertz CT molecular complexity index is 1250. The number of nitrogens with one attached hydrogen (secondary N) is 2. The lowest BCUT2D eigenvalue weighted by Gasteiger charge is -2.18. The van der Waals surface area contributed by atoms with Gasteiger partial charge in [0, 0.05) is 45.1 Å². The Labute approximate surface area is 253 Å². The van der Waals surface area contributed by atoms with Crippen LogP contribution in [0.3, 0.4) is 0 Å². The Kier molecular flexibility index (Phi) is 15.0. The number of aromatic amines is 1. The number of likely N-dealkylation sites (tertiary alicyclic amines) is 1. The van der Waals surface area contributed by atoms with Crippen LogP contribution in [0.2, 0.25) is 0 Å². The molecule has 4 heterocycles. The molecule has 3 aliphatic heterocycles. The van der Waals surface area contributed by atoms with Crippen LogP contribution in [0.4, 0.5) is 0 Å². The Morgan fingerprint density at radius 1 is 0.952 bits per heavy atom. The van der Waals surface area contributed by atoms with E-state index in [1.807, 2.05) is 4.90 Å². The molecule has 0 spiro atoms. The van der Waals surface area contributed by atoms with Crippen molar-refractivity contribution in [3.8, 4) is 0 Å².